The molecule has 1 aliphatic rings. The molecule has 0 bridgehead atoms. The van der Waals surface area contributed by atoms with Crippen LogP contribution in [0.1, 0.15) is 19.4 Å². The molecule has 0 fully saturated rings. The van der Waals surface area contributed by atoms with E-state index < -0.39 is 6.09 Å². The predicted molar refractivity (Wildman–Crippen MR) is 106 cm³/mol. The molecule has 1 heterocycles. The van der Waals surface area contributed by atoms with Crippen molar-refractivity contribution in [1.82, 2.24) is 0 Å². The van der Waals surface area contributed by atoms with E-state index in [1.54, 1.807) is 37.4 Å². The van der Waals surface area contributed by atoms with Crippen molar-refractivity contribution in [2.45, 2.75) is 20.3 Å². The molecular weight excluding hydrogens is 344 g/mol. The third-order valence-corrected chi connectivity index (χ3v) is 4.17. The van der Waals surface area contributed by atoms with Gasteiger partial charge in [-0.05, 0) is 43.2 Å². The van der Waals surface area contributed by atoms with Crippen molar-refractivity contribution >= 4 is 34.8 Å². The molecule has 3 rings (SSSR count). The SMILES string of the molecule is CCc1ccccc1N/C=C1/C(=O)N(c2cccc(NC(=O)O)c2)N=C1C. The highest BCUT2D eigenvalue weighted by atomic mass is 16.4. The first kappa shape index (κ1) is 18.2. The van der Waals surface area contributed by atoms with Gasteiger partial charge in [-0.15, -0.1) is 0 Å². The molecule has 2 aromatic rings. The summed E-state index contributed by atoms with van der Waals surface area (Å²) in [7, 11) is 0. The molecule has 1 aliphatic heterocycles. The first-order valence-electron chi connectivity index (χ1n) is 8.54. The lowest BCUT2D eigenvalue weighted by molar-refractivity contribution is -0.114. The molecule has 0 unspecified atom stereocenters. The average molecular weight is 364 g/mol. The fourth-order valence-corrected chi connectivity index (χ4v) is 2.82. The zero-order valence-corrected chi connectivity index (χ0v) is 15.1. The fraction of sp³-hybridized carbons (Fsp3) is 0.150. The summed E-state index contributed by atoms with van der Waals surface area (Å²) in [5, 5.41) is 19.9. The molecule has 27 heavy (non-hydrogen) atoms. The zero-order valence-electron chi connectivity index (χ0n) is 15.1. The predicted octanol–water partition coefficient (Wildman–Crippen LogP) is 4.06. The van der Waals surface area contributed by atoms with Crippen LogP contribution in [0, 0.1) is 0 Å². The number of rotatable bonds is 5. The normalized spacial score (nSPS) is 15.0. The summed E-state index contributed by atoms with van der Waals surface area (Å²) < 4.78 is 0. The molecule has 0 saturated heterocycles. The van der Waals surface area contributed by atoms with E-state index in [0.29, 0.717) is 22.7 Å². The molecule has 0 aromatic heterocycles. The Hall–Kier alpha value is -3.61. The van der Waals surface area contributed by atoms with Crippen molar-refractivity contribution < 1.29 is 14.7 Å². The molecule has 3 N–H and O–H groups in total. The van der Waals surface area contributed by atoms with Gasteiger partial charge < -0.3 is 10.4 Å². The molecule has 7 heteroatoms. The fourth-order valence-electron chi connectivity index (χ4n) is 2.82. The number of nitrogens with one attached hydrogen (secondary N) is 2. The van der Waals surface area contributed by atoms with Crippen LogP contribution in [0.3, 0.4) is 0 Å². The van der Waals surface area contributed by atoms with Gasteiger partial charge in [-0.3, -0.25) is 10.1 Å². The van der Waals surface area contributed by atoms with Crippen LogP contribution in [0.2, 0.25) is 0 Å². The molecule has 0 radical (unpaired) electrons. The van der Waals surface area contributed by atoms with E-state index in [4.69, 9.17) is 5.11 Å². The molecule has 138 valence electrons. The van der Waals surface area contributed by atoms with E-state index in [0.717, 1.165) is 17.7 Å². The van der Waals surface area contributed by atoms with Crippen molar-refractivity contribution in [1.29, 1.82) is 0 Å². The summed E-state index contributed by atoms with van der Waals surface area (Å²) in [6.45, 7) is 3.83. The number of benzene rings is 2. The number of nitrogens with zero attached hydrogens (tertiary/aromatic N) is 2. The zero-order chi connectivity index (χ0) is 19.4. The largest absolute Gasteiger partial charge is 0.465 e. The Morgan fingerprint density at radius 3 is 2.74 bits per heavy atom. The summed E-state index contributed by atoms with van der Waals surface area (Å²) >= 11 is 0. The number of anilines is 3. The summed E-state index contributed by atoms with van der Waals surface area (Å²) in [6.07, 6.45) is 1.37. The van der Waals surface area contributed by atoms with Crippen LogP contribution >= 0.6 is 0 Å². The van der Waals surface area contributed by atoms with Crippen LogP contribution in [0.5, 0.6) is 0 Å². The number of hydrogen-bond acceptors (Lipinski definition) is 4. The second-order valence-corrected chi connectivity index (χ2v) is 6.00. The molecule has 0 saturated carbocycles. The maximum Gasteiger partial charge on any atom is 0.409 e. The van der Waals surface area contributed by atoms with Crippen molar-refractivity contribution in [3.8, 4) is 0 Å². The summed E-state index contributed by atoms with van der Waals surface area (Å²) in [5.74, 6) is -0.276. The van der Waals surface area contributed by atoms with Crippen LogP contribution in [-0.4, -0.2) is 22.8 Å². The topological polar surface area (TPSA) is 94.0 Å². The Morgan fingerprint density at radius 1 is 1.22 bits per heavy atom. The number of carbonyl (C=O) groups is 2. The van der Waals surface area contributed by atoms with Crippen molar-refractivity contribution in [2.24, 2.45) is 5.10 Å². The van der Waals surface area contributed by atoms with Gasteiger partial charge in [-0.1, -0.05) is 31.2 Å². The lowest BCUT2D eigenvalue weighted by Gasteiger charge is -2.13. The van der Waals surface area contributed by atoms with Gasteiger partial charge in [0, 0.05) is 17.6 Å². The number of hydrogen-bond donors (Lipinski definition) is 3. The highest BCUT2D eigenvalue weighted by Gasteiger charge is 2.29. The Bertz CT molecular complexity index is 950. The lowest BCUT2D eigenvalue weighted by Crippen LogP contribution is -2.22. The second kappa shape index (κ2) is 7.74. The van der Waals surface area contributed by atoms with Crippen LogP contribution in [0.15, 0.2) is 65.4 Å². The minimum atomic E-state index is -1.17. The monoisotopic (exact) mass is 364 g/mol. The van der Waals surface area contributed by atoms with Gasteiger partial charge in [0.05, 0.1) is 17.0 Å². The molecular formula is C20H20N4O3. The quantitative estimate of drug-likeness (QED) is 0.698. The molecule has 0 atom stereocenters. The minimum absolute atomic E-state index is 0.276. The smallest absolute Gasteiger partial charge is 0.409 e. The number of amides is 2. The third-order valence-electron chi connectivity index (χ3n) is 4.17. The molecule has 0 spiro atoms. The first-order chi connectivity index (χ1) is 13.0. The highest BCUT2D eigenvalue weighted by molar-refractivity contribution is 6.29. The van der Waals surface area contributed by atoms with Gasteiger partial charge in [0.15, 0.2) is 0 Å². The molecule has 0 aliphatic carbocycles. The van der Waals surface area contributed by atoms with Crippen molar-refractivity contribution in [3.63, 3.8) is 0 Å². The Balaban J connectivity index is 1.83. The standard InChI is InChI=1S/C20H20N4O3/c1-3-14-7-4-5-10-18(14)21-12-17-13(2)23-24(19(17)25)16-9-6-8-15(11-16)22-20(26)27/h4-12,21-22H,3H2,1-2H3,(H,26,27)/b17-12+. The molecule has 2 aromatic carbocycles. The summed E-state index contributed by atoms with van der Waals surface area (Å²) in [5.41, 5.74) is 3.99. The molecule has 2 amide bonds. The van der Waals surface area contributed by atoms with Crippen LogP contribution in [0.4, 0.5) is 21.9 Å². The lowest BCUT2D eigenvalue weighted by atomic mass is 10.1. The van der Waals surface area contributed by atoms with E-state index in [-0.39, 0.29) is 5.91 Å². The minimum Gasteiger partial charge on any atom is -0.465 e. The second-order valence-electron chi connectivity index (χ2n) is 6.00. The van der Waals surface area contributed by atoms with Gasteiger partial charge in [0.2, 0.25) is 0 Å². The van der Waals surface area contributed by atoms with Crippen molar-refractivity contribution in [2.75, 3.05) is 15.6 Å². The number of aryl methyl sites for hydroxylation is 1. The van der Waals surface area contributed by atoms with Gasteiger partial charge >= 0.3 is 6.09 Å². The van der Waals surface area contributed by atoms with Crippen LogP contribution in [0.25, 0.3) is 0 Å². The number of para-hydroxylation sites is 1. The van der Waals surface area contributed by atoms with Gasteiger partial charge in [-0.2, -0.15) is 10.1 Å². The maximum atomic E-state index is 12.8. The van der Waals surface area contributed by atoms with E-state index in [9.17, 15) is 9.59 Å². The number of carboxylic acid groups (broad SMARTS) is 1. The Morgan fingerprint density at radius 2 is 2.00 bits per heavy atom. The van der Waals surface area contributed by atoms with E-state index in [2.05, 4.69) is 22.7 Å². The average Bonchev–Trinajstić information content (AvgIpc) is 2.94. The highest BCUT2D eigenvalue weighted by Crippen LogP contribution is 2.26. The summed E-state index contributed by atoms with van der Waals surface area (Å²) in [6, 6.07) is 14.4. The van der Waals surface area contributed by atoms with Crippen LogP contribution < -0.4 is 15.6 Å². The van der Waals surface area contributed by atoms with Crippen LogP contribution in [-0.2, 0) is 11.2 Å². The van der Waals surface area contributed by atoms with Gasteiger partial charge in [0.25, 0.3) is 5.91 Å². The van der Waals surface area contributed by atoms with E-state index in [1.807, 2.05) is 24.3 Å². The first-order valence-corrected chi connectivity index (χ1v) is 8.54. The Labute approximate surface area is 157 Å². The Kier molecular flexibility index (Phi) is 5.21. The number of carbonyl (C=O) groups excluding carboxylic acids is 1. The maximum absolute atomic E-state index is 12.8. The van der Waals surface area contributed by atoms with Gasteiger partial charge in [0.1, 0.15) is 0 Å². The third kappa shape index (κ3) is 3.98. The summed E-state index contributed by atoms with van der Waals surface area (Å²) in [4.78, 5) is 23.6. The van der Waals surface area contributed by atoms with E-state index >= 15 is 0 Å². The van der Waals surface area contributed by atoms with Gasteiger partial charge in [-0.25, -0.2) is 4.79 Å². The number of hydrazone groups is 1. The van der Waals surface area contributed by atoms with Crippen molar-refractivity contribution in [3.05, 3.63) is 65.9 Å². The van der Waals surface area contributed by atoms with E-state index in [1.165, 1.54) is 5.01 Å². The molecule has 7 nitrogen and oxygen atoms in total.